The molecule has 0 aliphatic rings. The molecule has 1 N–H and O–H groups in total. The van der Waals surface area contributed by atoms with Crippen LogP contribution >= 0.6 is 11.3 Å². The Balaban J connectivity index is 1.47. The summed E-state index contributed by atoms with van der Waals surface area (Å²) >= 11 is 1.57. The molecule has 0 atom stereocenters. The number of rotatable bonds is 5. The molecule has 5 nitrogen and oxygen atoms in total. The van der Waals surface area contributed by atoms with Crippen LogP contribution in [-0.2, 0) is 6.54 Å². The minimum atomic E-state index is -0.185. The SMILES string of the molecule is O=C(NCCn1nc(-c2cccs2)ccc1=O)c1cccc2ccccc12. The van der Waals surface area contributed by atoms with Gasteiger partial charge in [0.15, 0.2) is 0 Å². The zero-order valence-corrected chi connectivity index (χ0v) is 15.3. The second-order valence-electron chi connectivity index (χ2n) is 6.04. The van der Waals surface area contributed by atoms with Crippen molar-refractivity contribution in [1.82, 2.24) is 15.1 Å². The van der Waals surface area contributed by atoms with Crippen LogP contribution in [0.15, 0.2) is 76.9 Å². The second-order valence-corrected chi connectivity index (χ2v) is 6.99. The number of aromatic nitrogens is 2. The molecule has 6 heteroatoms. The molecule has 0 aliphatic carbocycles. The van der Waals surface area contributed by atoms with Gasteiger partial charge in [0.2, 0.25) is 0 Å². The van der Waals surface area contributed by atoms with Gasteiger partial charge in [-0.2, -0.15) is 5.10 Å². The molecular formula is C21H17N3O2S. The Morgan fingerprint density at radius 3 is 2.70 bits per heavy atom. The third-order valence-corrected chi connectivity index (χ3v) is 5.18. The maximum absolute atomic E-state index is 12.6. The number of carbonyl (C=O) groups excluding carboxylic acids is 1. The Bertz CT molecular complexity index is 1140. The lowest BCUT2D eigenvalue weighted by Gasteiger charge is -2.09. The van der Waals surface area contributed by atoms with Gasteiger partial charge in [0.1, 0.15) is 5.69 Å². The van der Waals surface area contributed by atoms with Crippen LogP contribution in [0, 0.1) is 0 Å². The number of hydrogen-bond acceptors (Lipinski definition) is 4. The van der Waals surface area contributed by atoms with Crippen molar-refractivity contribution in [2.75, 3.05) is 6.54 Å². The summed E-state index contributed by atoms with van der Waals surface area (Å²) in [6.45, 7) is 0.636. The predicted molar refractivity (Wildman–Crippen MR) is 108 cm³/mol. The average molecular weight is 375 g/mol. The van der Waals surface area contributed by atoms with Crippen molar-refractivity contribution in [2.24, 2.45) is 0 Å². The van der Waals surface area contributed by atoms with E-state index in [2.05, 4.69) is 10.4 Å². The van der Waals surface area contributed by atoms with Crippen molar-refractivity contribution in [3.8, 4) is 10.6 Å². The number of thiophene rings is 1. The number of nitrogens with one attached hydrogen (secondary N) is 1. The maximum Gasteiger partial charge on any atom is 0.266 e. The number of amides is 1. The molecule has 27 heavy (non-hydrogen) atoms. The van der Waals surface area contributed by atoms with E-state index in [1.807, 2.05) is 53.9 Å². The number of nitrogens with zero attached hydrogens (tertiary/aromatic N) is 2. The second kappa shape index (κ2) is 7.55. The van der Waals surface area contributed by atoms with Gasteiger partial charge in [0.05, 0.1) is 11.4 Å². The zero-order chi connectivity index (χ0) is 18.6. The van der Waals surface area contributed by atoms with Gasteiger partial charge in [0.25, 0.3) is 11.5 Å². The van der Waals surface area contributed by atoms with Crippen molar-refractivity contribution < 1.29 is 4.79 Å². The highest BCUT2D eigenvalue weighted by molar-refractivity contribution is 7.13. The van der Waals surface area contributed by atoms with E-state index in [0.29, 0.717) is 18.7 Å². The van der Waals surface area contributed by atoms with E-state index in [0.717, 1.165) is 21.3 Å². The first-order chi connectivity index (χ1) is 13.2. The highest BCUT2D eigenvalue weighted by Gasteiger charge is 2.10. The van der Waals surface area contributed by atoms with E-state index < -0.39 is 0 Å². The van der Waals surface area contributed by atoms with Gasteiger partial charge in [-0.05, 0) is 34.4 Å². The fraction of sp³-hybridized carbons (Fsp3) is 0.0952. The van der Waals surface area contributed by atoms with Gasteiger partial charge < -0.3 is 5.32 Å². The third-order valence-electron chi connectivity index (χ3n) is 4.28. The quantitative estimate of drug-likeness (QED) is 0.580. The third kappa shape index (κ3) is 3.66. The summed E-state index contributed by atoms with van der Waals surface area (Å²) < 4.78 is 1.39. The minimum absolute atomic E-state index is 0.158. The number of hydrogen-bond donors (Lipinski definition) is 1. The van der Waals surface area contributed by atoms with Crippen LogP contribution in [0.3, 0.4) is 0 Å². The van der Waals surface area contributed by atoms with Crippen molar-refractivity contribution in [3.05, 3.63) is 88.0 Å². The standard InChI is InChI=1S/C21H17N3O2S/c25-20-11-10-18(19-9-4-14-27-19)23-24(20)13-12-22-21(26)17-8-3-6-15-5-1-2-7-16(15)17/h1-11,14H,12-13H2,(H,22,26). The van der Waals surface area contributed by atoms with Crippen LogP contribution in [0.25, 0.3) is 21.3 Å². The zero-order valence-electron chi connectivity index (χ0n) is 14.5. The molecule has 0 spiro atoms. The van der Waals surface area contributed by atoms with E-state index in [9.17, 15) is 9.59 Å². The smallest absolute Gasteiger partial charge is 0.266 e. The Kier molecular flexibility index (Phi) is 4.80. The van der Waals surface area contributed by atoms with Gasteiger partial charge in [0, 0.05) is 18.2 Å². The van der Waals surface area contributed by atoms with Crippen molar-refractivity contribution in [1.29, 1.82) is 0 Å². The van der Waals surface area contributed by atoms with E-state index in [-0.39, 0.29) is 11.5 Å². The molecule has 0 radical (unpaired) electrons. The van der Waals surface area contributed by atoms with Crippen LogP contribution in [-0.4, -0.2) is 22.2 Å². The molecule has 1 amide bonds. The molecule has 0 fully saturated rings. The van der Waals surface area contributed by atoms with Crippen LogP contribution in [0.4, 0.5) is 0 Å². The maximum atomic E-state index is 12.6. The van der Waals surface area contributed by atoms with Crippen molar-refractivity contribution in [3.63, 3.8) is 0 Å². The molecule has 0 saturated carbocycles. The first kappa shape index (κ1) is 17.2. The van der Waals surface area contributed by atoms with Gasteiger partial charge in [-0.25, -0.2) is 4.68 Å². The molecule has 4 rings (SSSR count). The molecule has 2 heterocycles. The molecule has 134 valence electrons. The van der Waals surface area contributed by atoms with Crippen molar-refractivity contribution >= 4 is 28.0 Å². The Morgan fingerprint density at radius 1 is 1.00 bits per heavy atom. The Labute approximate surface area is 159 Å². The highest BCUT2D eigenvalue weighted by atomic mass is 32.1. The molecule has 2 aromatic heterocycles. The Morgan fingerprint density at radius 2 is 1.85 bits per heavy atom. The van der Waals surface area contributed by atoms with E-state index >= 15 is 0 Å². The summed E-state index contributed by atoms with van der Waals surface area (Å²) in [6.07, 6.45) is 0. The lowest BCUT2D eigenvalue weighted by molar-refractivity contribution is 0.0953. The first-order valence-corrected chi connectivity index (χ1v) is 9.48. The Hall–Kier alpha value is -3.25. The van der Waals surface area contributed by atoms with Crippen LogP contribution in [0.5, 0.6) is 0 Å². The van der Waals surface area contributed by atoms with E-state index in [4.69, 9.17) is 0 Å². The molecule has 0 unspecified atom stereocenters. The molecular weight excluding hydrogens is 358 g/mol. The minimum Gasteiger partial charge on any atom is -0.350 e. The average Bonchev–Trinajstić information content (AvgIpc) is 3.23. The number of carbonyl (C=O) groups is 1. The summed E-state index contributed by atoms with van der Waals surface area (Å²) in [6, 6.07) is 20.6. The number of fused-ring (bicyclic) bond motifs is 1. The van der Waals surface area contributed by atoms with Crippen LogP contribution < -0.4 is 10.9 Å². The van der Waals surface area contributed by atoms with Crippen LogP contribution in [0.2, 0.25) is 0 Å². The van der Waals surface area contributed by atoms with Gasteiger partial charge in [-0.3, -0.25) is 9.59 Å². The summed E-state index contributed by atoms with van der Waals surface area (Å²) in [5.41, 5.74) is 1.19. The van der Waals surface area contributed by atoms with E-state index in [1.54, 1.807) is 23.5 Å². The monoisotopic (exact) mass is 375 g/mol. The summed E-state index contributed by atoms with van der Waals surface area (Å²) in [5, 5.41) is 11.2. The summed E-state index contributed by atoms with van der Waals surface area (Å²) in [5.74, 6) is -0.158. The lowest BCUT2D eigenvalue weighted by Crippen LogP contribution is -2.32. The molecule has 0 bridgehead atoms. The number of benzene rings is 2. The van der Waals surface area contributed by atoms with Gasteiger partial charge in [-0.15, -0.1) is 11.3 Å². The lowest BCUT2D eigenvalue weighted by atomic mass is 10.0. The fourth-order valence-corrected chi connectivity index (χ4v) is 3.65. The molecule has 2 aromatic carbocycles. The van der Waals surface area contributed by atoms with E-state index in [1.165, 1.54) is 10.7 Å². The highest BCUT2D eigenvalue weighted by Crippen LogP contribution is 2.21. The van der Waals surface area contributed by atoms with Gasteiger partial charge >= 0.3 is 0 Å². The first-order valence-electron chi connectivity index (χ1n) is 8.60. The summed E-state index contributed by atoms with van der Waals surface area (Å²) in [7, 11) is 0. The van der Waals surface area contributed by atoms with Crippen molar-refractivity contribution in [2.45, 2.75) is 6.54 Å². The molecule has 0 saturated heterocycles. The molecule has 4 aromatic rings. The van der Waals surface area contributed by atoms with Gasteiger partial charge in [-0.1, -0.05) is 42.5 Å². The normalized spacial score (nSPS) is 10.8. The topological polar surface area (TPSA) is 64.0 Å². The summed E-state index contributed by atoms with van der Waals surface area (Å²) in [4.78, 5) is 25.6. The fourth-order valence-electron chi connectivity index (χ4n) is 2.96. The van der Waals surface area contributed by atoms with Crippen LogP contribution in [0.1, 0.15) is 10.4 Å². The largest absolute Gasteiger partial charge is 0.350 e. The predicted octanol–water partition coefficient (Wildman–Crippen LogP) is 3.56. The molecule has 0 aliphatic heterocycles.